The molecule has 5 nitrogen and oxygen atoms in total. The molecule has 14 heavy (non-hydrogen) atoms. The Morgan fingerprint density at radius 2 is 2.29 bits per heavy atom. The summed E-state index contributed by atoms with van der Waals surface area (Å²) in [6.07, 6.45) is 1.66. The van der Waals surface area contributed by atoms with E-state index in [9.17, 15) is 4.79 Å². The highest BCUT2D eigenvalue weighted by Crippen LogP contribution is 2.27. The summed E-state index contributed by atoms with van der Waals surface area (Å²) < 4.78 is 0.599. The van der Waals surface area contributed by atoms with Crippen LogP contribution in [0.3, 0.4) is 0 Å². The molecule has 1 aromatic heterocycles. The fourth-order valence-corrected chi connectivity index (χ4v) is 2.17. The number of rotatable bonds is 3. The Morgan fingerprint density at radius 1 is 1.64 bits per heavy atom. The molecule has 0 amide bonds. The smallest absolute Gasteiger partial charge is 0.309 e. The van der Waals surface area contributed by atoms with Crippen LogP contribution in [0.25, 0.3) is 0 Å². The van der Waals surface area contributed by atoms with Crippen molar-refractivity contribution in [3.63, 3.8) is 0 Å². The lowest BCUT2D eigenvalue weighted by molar-refractivity contribution is -0.136. The number of anilines is 1. The molecule has 0 saturated heterocycles. The molecule has 0 spiro atoms. The Bertz CT molecular complexity index is 372. The molecular weight excluding hydrogens is 270 g/mol. The first-order valence-electron chi connectivity index (χ1n) is 3.62. The predicted molar refractivity (Wildman–Crippen MR) is 57.3 cm³/mol. The summed E-state index contributed by atoms with van der Waals surface area (Å²) in [5.41, 5.74) is 5.83. The Kier molecular flexibility index (Phi) is 3.70. The van der Waals surface area contributed by atoms with Crippen LogP contribution in [0.5, 0.6) is 0 Å². The molecule has 3 N–H and O–H groups in total. The second-order valence-electron chi connectivity index (χ2n) is 2.42. The SMILES string of the molecule is CSc1nc(N)nc(CC(=O)O)c1Br. The molecular formula is C7H8BrN3O2S. The van der Waals surface area contributed by atoms with E-state index in [1.165, 1.54) is 11.8 Å². The zero-order valence-corrected chi connectivity index (χ0v) is 9.72. The second kappa shape index (κ2) is 4.61. The Morgan fingerprint density at radius 3 is 2.79 bits per heavy atom. The van der Waals surface area contributed by atoms with Crippen molar-refractivity contribution < 1.29 is 9.90 Å². The maximum atomic E-state index is 10.5. The molecule has 76 valence electrons. The van der Waals surface area contributed by atoms with Crippen LogP contribution in [0.4, 0.5) is 5.95 Å². The summed E-state index contributed by atoms with van der Waals surface area (Å²) in [5, 5.41) is 9.26. The Balaban J connectivity index is 3.15. The van der Waals surface area contributed by atoms with E-state index in [2.05, 4.69) is 25.9 Å². The van der Waals surface area contributed by atoms with Crippen LogP contribution in [-0.4, -0.2) is 27.3 Å². The van der Waals surface area contributed by atoms with Crippen LogP contribution < -0.4 is 5.73 Å². The molecule has 0 aliphatic rings. The summed E-state index contributed by atoms with van der Waals surface area (Å²) in [5.74, 6) is -0.857. The highest BCUT2D eigenvalue weighted by molar-refractivity contribution is 9.10. The van der Waals surface area contributed by atoms with Crippen LogP contribution in [-0.2, 0) is 11.2 Å². The number of nitrogens with two attached hydrogens (primary N) is 1. The van der Waals surface area contributed by atoms with Crippen LogP contribution >= 0.6 is 27.7 Å². The van der Waals surface area contributed by atoms with Crippen LogP contribution in [0.2, 0.25) is 0 Å². The maximum Gasteiger partial charge on any atom is 0.309 e. The largest absolute Gasteiger partial charge is 0.481 e. The van der Waals surface area contributed by atoms with Crippen molar-refractivity contribution in [2.45, 2.75) is 11.4 Å². The van der Waals surface area contributed by atoms with E-state index in [-0.39, 0.29) is 12.4 Å². The van der Waals surface area contributed by atoms with E-state index in [0.717, 1.165) is 0 Å². The van der Waals surface area contributed by atoms with Gasteiger partial charge in [-0.15, -0.1) is 11.8 Å². The lowest BCUT2D eigenvalue weighted by atomic mass is 10.3. The maximum absolute atomic E-state index is 10.5. The third-order valence-corrected chi connectivity index (χ3v) is 3.20. The standard InChI is InChI=1S/C7H8BrN3O2S/c1-14-6-5(8)3(2-4(12)13)10-7(9)11-6/h2H2,1H3,(H,12,13)(H2,9,10,11). The van der Waals surface area contributed by atoms with Crippen molar-refractivity contribution >= 4 is 39.6 Å². The fourth-order valence-electron chi connectivity index (χ4n) is 0.885. The molecule has 0 bridgehead atoms. The molecule has 0 aliphatic heterocycles. The number of carboxylic acids is 1. The van der Waals surface area contributed by atoms with E-state index < -0.39 is 5.97 Å². The number of aliphatic carboxylic acids is 1. The van der Waals surface area contributed by atoms with Gasteiger partial charge in [0.15, 0.2) is 0 Å². The normalized spacial score (nSPS) is 10.1. The topological polar surface area (TPSA) is 89.1 Å². The number of aromatic nitrogens is 2. The number of hydrogen-bond acceptors (Lipinski definition) is 5. The minimum atomic E-state index is -0.948. The first-order chi connectivity index (χ1) is 6.54. The summed E-state index contributed by atoms with van der Waals surface area (Å²) in [7, 11) is 0. The second-order valence-corrected chi connectivity index (χ2v) is 4.01. The molecule has 7 heteroatoms. The number of halogens is 1. The summed E-state index contributed by atoms with van der Waals surface area (Å²) >= 11 is 4.62. The van der Waals surface area contributed by atoms with E-state index in [1.807, 2.05) is 6.26 Å². The van der Waals surface area contributed by atoms with E-state index in [4.69, 9.17) is 10.8 Å². The van der Waals surface area contributed by atoms with Gasteiger partial charge in [0, 0.05) is 0 Å². The number of hydrogen-bond donors (Lipinski definition) is 2. The van der Waals surface area contributed by atoms with Gasteiger partial charge in [-0.05, 0) is 22.2 Å². The summed E-state index contributed by atoms with van der Waals surface area (Å²) in [6.45, 7) is 0. The van der Waals surface area contributed by atoms with Gasteiger partial charge in [-0.3, -0.25) is 4.79 Å². The molecule has 0 saturated carbocycles. The van der Waals surface area contributed by atoms with Gasteiger partial charge in [-0.1, -0.05) is 0 Å². The van der Waals surface area contributed by atoms with Gasteiger partial charge in [-0.2, -0.15) is 0 Å². The number of carboxylic acid groups (broad SMARTS) is 1. The van der Waals surface area contributed by atoms with Gasteiger partial charge in [0.1, 0.15) is 5.03 Å². The average Bonchev–Trinajstić information content (AvgIpc) is 2.09. The number of carbonyl (C=O) groups is 1. The van der Waals surface area contributed by atoms with E-state index in [0.29, 0.717) is 15.2 Å². The molecule has 1 aromatic rings. The highest BCUT2D eigenvalue weighted by Gasteiger charge is 2.12. The molecule has 0 atom stereocenters. The molecule has 0 radical (unpaired) electrons. The predicted octanol–water partition coefficient (Wildman–Crippen LogP) is 1.17. The van der Waals surface area contributed by atoms with Gasteiger partial charge >= 0.3 is 5.97 Å². The van der Waals surface area contributed by atoms with Gasteiger partial charge < -0.3 is 10.8 Å². The summed E-state index contributed by atoms with van der Waals surface area (Å²) in [4.78, 5) is 18.3. The number of nitrogens with zero attached hydrogens (tertiary/aromatic N) is 2. The lowest BCUT2D eigenvalue weighted by Crippen LogP contribution is -2.07. The number of nitrogen functional groups attached to an aromatic ring is 1. The van der Waals surface area contributed by atoms with Crippen molar-refractivity contribution in [3.8, 4) is 0 Å². The molecule has 0 fully saturated rings. The Labute approximate surface area is 93.3 Å². The first kappa shape index (κ1) is 11.3. The van der Waals surface area contributed by atoms with Crippen molar-refractivity contribution in [2.24, 2.45) is 0 Å². The fraction of sp³-hybridized carbons (Fsp3) is 0.286. The van der Waals surface area contributed by atoms with Gasteiger partial charge in [0.05, 0.1) is 16.6 Å². The molecule has 0 aliphatic carbocycles. The minimum Gasteiger partial charge on any atom is -0.481 e. The van der Waals surface area contributed by atoms with Crippen LogP contribution in [0.1, 0.15) is 5.69 Å². The Hall–Kier alpha value is -0.820. The van der Waals surface area contributed by atoms with Crippen molar-refractivity contribution in [1.29, 1.82) is 0 Å². The number of thioether (sulfide) groups is 1. The average molecular weight is 278 g/mol. The molecule has 1 rings (SSSR count). The minimum absolute atomic E-state index is 0.0915. The van der Waals surface area contributed by atoms with Gasteiger partial charge in [0.25, 0.3) is 0 Å². The lowest BCUT2D eigenvalue weighted by Gasteiger charge is -2.05. The molecule has 0 aromatic carbocycles. The van der Waals surface area contributed by atoms with Gasteiger partial charge in [-0.25, -0.2) is 9.97 Å². The third kappa shape index (κ3) is 2.58. The van der Waals surface area contributed by atoms with Crippen LogP contribution in [0.15, 0.2) is 9.50 Å². The third-order valence-electron chi connectivity index (χ3n) is 1.42. The van der Waals surface area contributed by atoms with Crippen molar-refractivity contribution in [3.05, 3.63) is 10.2 Å². The molecule has 0 unspecified atom stereocenters. The van der Waals surface area contributed by atoms with Gasteiger partial charge in [0.2, 0.25) is 5.95 Å². The van der Waals surface area contributed by atoms with Crippen molar-refractivity contribution in [1.82, 2.24) is 9.97 Å². The zero-order valence-electron chi connectivity index (χ0n) is 7.32. The molecule has 1 heterocycles. The van der Waals surface area contributed by atoms with E-state index in [1.54, 1.807) is 0 Å². The quantitative estimate of drug-likeness (QED) is 0.637. The summed E-state index contributed by atoms with van der Waals surface area (Å²) in [6, 6.07) is 0. The van der Waals surface area contributed by atoms with E-state index >= 15 is 0 Å². The first-order valence-corrected chi connectivity index (χ1v) is 5.64. The highest BCUT2D eigenvalue weighted by atomic mass is 79.9. The monoisotopic (exact) mass is 277 g/mol. The van der Waals surface area contributed by atoms with Crippen LogP contribution in [0, 0.1) is 0 Å². The van der Waals surface area contributed by atoms with Crippen molar-refractivity contribution in [2.75, 3.05) is 12.0 Å². The zero-order chi connectivity index (χ0) is 10.7.